The zero-order valence-corrected chi connectivity index (χ0v) is 12.6. The predicted molar refractivity (Wildman–Crippen MR) is 86.2 cm³/mol. The molecule has 0 amide bonds. The van der Waals surface area contributed by atoms with Crippen molar-refractivity contribution in [3.05, 3.63) is 54.1 Å². The van der Waals surface area contributed by atoms with Gasteiger partial charge in [-0.2, -0.15) is 0 Å². The minimum Gasteiger partial charge on any atom is -0.496 e. The molecular formula is C18H17NO3. The van der Waals surface area contributed by atoms with Gasteiger partial charge in [0.2, 0.25) is 0 Å². The Labute approximate surface area is 128 Å². The Kier molecular flexibility index (Phi) is 3.83. The number of hydrogen-bond acceptors (Lipinski definition) is 3. The summed E-state index contributed by atoms with van der Waals surface area (Å²) in [5, 5.41) is 0.752. The first-order valence-electron chi connectivity index (χ1n) is 7.17. The molecule has 3 aromatic rings. The standard InChI is InChI=1S/C18H17NO3/c1-3-22-18(20)16-15-13(10-7-11-14(15)21-2)19-17(16)12-8-5-4-6-9-12/h4-11,19H,3H2,1-2H3. The predicted octanol–water partition coefficient (Wildman–Crippen LogP) is 4.02. The second-order valence-corrected chi connectivity index (χ2v) is 4.84. The Hall–Kier alpha value is -2.75. The number of fused-ring (bicyclic) bond motifs is 1. The van der Waals surface area contributed by atoms with Gasteiger partial charge in [-0.15, -0.1) is 0 Å². The molecule has 1 aromatic heterocycles. The van der Waals surface area contributed by atoms with Crippen LogP contribution in [0, 0.1) is 0 Å². The van der Waals surface area contributed by atoms with Gasteiger partial charge < -0.3 is 14.5 Å². The molecule has 0 atom stereocenters. The van der Waals surface area contributed by atoms with E-state index in [0.717, 1.165) is 22.2 Å². The lowest BCUT2D eigenvalue weighted by Crippen LogP contribution is -2.06. The van der Waals surface area contributed by atoms with Crippen molar-refractivity contribution in [2.24, 2.45) is 0 Å². The van der Waals surface area contributed by atoms with E-state index in [0.29, 0.717) is 17.9 Å². The number of nitrogens with one attached hydrogen (secondary N) is 1. The molecule has 2 aromatic carbocycles. The molecule has 0 aliphatic heterocycles. The van der Waals surface area contributed by atoms with E-state index in [1.165, 1.54) is 0 Å². The number of H-pyrrole nitrogens is 1. The maximum atomic E-state index is 12.5. The zero-order chi connectivity index (χ0) is 15.5. The van der Waals surface area contributed by atoms with Crippen molar-refractivity contribution in [3.8, 4) is 17.0 Å². The first kappa shape index (κ1) is 14.2. The van der Waals surface area contributed by atoms with Gasteiger partial charge >= 0.3 is 5.97 Å². The second-order valence-electron chi connectivity index (χ2n) is 4.84. The van der Waals surface area contributed by atoms with Crippen LogP contribution in [-0.2, 0) is 4.74 Å². The third-order valence-corrected chi connectivity index (χ3v) is 3.55. The van der Waals surface area contributed by atoms with E-state index in [9.17, 15) is 4.79 Å². The fourth-order valence-corrected chi connectivity index (χ4v) is 2.61. The zero-order valence-electron chi connectivity index (χ0n) is 12.6. The highest BCUT2D eigenvalue weighted by molar-refractivity contribution is 6.12. The average molecular weight is 295 g/mol. The van der Waals surface area contributed by atoms with Crippen molar-refractivity contribution in [1.82, 2.24) is 4.98 Å². The van der Waals surface area contributed by atoms with Gasteiger partial charge in [0.25, 0.3) is 0 Å². The quantitative estimate of drug-likeness (QED) is 0.740. The summed E-state index contributed by atoms with van der Waals surface area (Å²) in [4.78, 5) is 15.8. The molecule has 0 saturated heterocycles. The van der Waals surface area contributed by atoms with Gasteiger partial charge in [-0.1, -0.05) is 36.4 Å². The number of carbonyl (C=O) groups excluding carboxylic acids is 1. The second kappa shape index (κ2) is 5.93. The summed E-state index contributed by atoms with van der Waals surface area (Å²) in [6, 6.07) is 15.4. The van der Waals surface area contributed by atoms with Crippen LogP contribution in [0.15, 0.2) is 48.5 Å². The topological polar surface area (TPSA) is 51.3 Å². The van der Waals surface area contributed by atoms with Crippen molar-refractivity contribution < 1.29 is 14.3 Å². The fourth-order valence-electron chi connectivity index (χ4n) is 2.61. The van der Waals surface area contributed by atoms with Crippen LogP contribution in [0.25, 0.3) is 22.2 Å². The maximum absolute atomic E-state index is 12.5. The number of aromatic nitrogens is 1. The van der Waals surface area contributed by atoms with Gasteiger partial charge in [-0.25, -0.2) is 4.79 Å². The number of ether oxygens (including phenoxy) is 2. The Morgan fingerprint density at radius 3 is 2.55 bits per heavy atom. The molecule has 3 rings (SSSR count). The van der Waals surface area contributed by atoms with Crippen molar-refractivity contribution in [3.63, 3.8) is 0 Å². The van der Waals surface area contributed by atoms with E-state index < -0.39 is 0 Å². The summed E-state index contributed by atoms with van der Waals surface area (Å²) in [6.45, 7) is 2.13. The minimum atomic E-state index is -0.350. The Bertz CT molecular complexity index is 806. The highest BCUT2D eigenvalue weighted by Gasteiger charge is 2.23. The van der Waals surface area contributed by atoms with Crippen LogP contribution in [-0.4, -0.2) is 24.7 Å². The van der Waals surface area contributed by atoms with Gasteiger partial charge in [-0.3, -0.25) is 0 Å². The first-order chi connectivity index (χ1) is 10.8. The number of esters is 1. The largest absolute Gasteiger partial charge is 0.496 e. The summed E-state index contributed by atoms with van der Waals surface area (Å²) in [7, 11) is 1.60. The summed E-state index contributed by atoms with van der Waals surface area (Å²) >= 11 is 0. The van der Waals surface area contributed by atoms with Crippen LogP contribution >= 0.6 is 0 Å². The van der Waals surface area contributed by atoms with Crippen LogP contribution < -0.4 is 4.74 Å². The van der Waals surface area contributed by atoms with Crippen molar-refractivity contribution in [2.45, 2.75) is 6.92 Å². The molecule has 22 heavy (non-hydrogen) atoms. The van der Waals surface area contributed by atoms with Crippen LogP contribution in [0.5, 0.6) is 5.75 Å². The molecule has 0 spiro atoms. The molecule has 1 N–H and O–H groups in total. The van der Waals surface area contributed by atoms with E-state index in [1.807, 2.05) is 48.5 Å². The van der Waals surface area contributed by atoms with Crippen LogP contribution in [0.3, 0.4) is 0 Å². The average Bonchev–Trinajstić information content (AvgIpc) is 2.95. The minimum absolute atomic E-state index is 0.328. The normalized spacial score (nSPS) is 10.6. The molecule has 0 fully saturated rings. The van der Waals surface area contributed by atoms with E-state index >= 15 is 0 Å². The van der Waals surface area contributed by atoms with E-state index in [1.54, 1.807) is 14.0 Å². The Balaban J connectivity index is 2.32. The molecule has 0 radical (unpaired) electrons. The van der Waals surface area contributed by atoms with Crippen LogP contribution in [0.4, 0.5) is 0 Å². The number of benzene rings is 2. The third kappa shape index (κ3) is 2.33. The first-order valence-corrected chi connectivity index (χ1v) is 7.17. The molecule has 0 aliphatic rings. The Morgan fingerprint density at radius 1 is 1.09 bits per heavy atom. The smallest absolute Gasteiger partial charge is 0.341 e. The molecule has 0 bridgehead atoms. The lowest BCUT2D eigenvalue weighted by atomic mass is 10.0. The van der Waals surface area contributed by atoms with Gasteiger partial charge in [0, 0.05) is 0 Å². The number of hydrogen-bond donors (Lipinski definition) is 1. The number of aromatic amines is 1. The van der Waals surface area contributed by atoms with Gasteiger partial charge in [0.05, 0.1) is 35.9 Å². The van der Waals surface area contributed by atoms with E-state index in [-0.39, 0.29) is 5.97 Å². The van der Waals surface area contributed by atoms with Crippen molar-refractivity contribution in [1.29, 1.82) is 0 Å². The number of rotatable bonds is 4. The van der Waals surface area contributed by atoms with Crippen molar-refractivity contribution >= 4 is 16.9 Å². The highest BCUT2D eigenvalue weighted by atomic mass is 16.5. The molecule has 4 nitrogen and oxygen atoms in total. The third-order valence-electron chi connectivity index (χ3n) is 3.55. The highest BCUT2D eigenvalue weighted by Crippen LogP contribution is 2.36. The molecule has 1 heterocycles. The molecular weight excluding hydrogens is 278 g/mol. The Morgan fingerprint density at radius 2 is 1.86 bits per heavy atom. The molecule has 112 valence electrons. The summed E-state index contributed by atoms with van der Waals surface area (Å²) in [5.41, 5.74) is 3.05. The summed E-state index contributed by atoms with van der Waals surface area (Å²) < 4.78 is 10.7. The van der Waals surface area contributed by atoms with E-state index in [4.69, 9.17) is 9.47 Å². The number of carbonyl (C=O) groups is 1. The van der Waals surface area contributed by atoms with Crippen LogP contribution in [0.1, 0.15) is 17.3 Å². The lowest BCUT2D eigenvalue weighted by Gasteiger charge is -2.07. The molecule has 0 aliphatic carbocycles. The maximum Gasteiger partial charge on any atom is 0.341 e. The molecule has 4 heteroatoms. The lowest BCUT2D eigenvalue weighted by molar-refractivity contribution is 0.0529. The van der Waals surface area contributed by atoms with Crippen molar-refractivity contribution in [2.75, 3.05) is 13.7 Å². The van der Waals surface area contributed by atoms with E-state index in [2.05, 4.69) is 4.98 Å². The van der Waals surface area contributed by atoms with Gasteiger partial charge in [0.1, 0.15) is 5.75 Å². The SMILES string of the molecule is CCOC(=O)c1c(-c2ccccc2)[nH]c2cccc(OC)c12. The summed E-state index contributed by atoms with van der Waals surface area (Å²) in [6.07, 6.45) is 0. The molecule has 0 unspecified atom stereocenters. The van der Waals surface area contributed by atoms with Crippen LogP contribution in [0.2, 0.25) is 0 Å². The molecule has 0 saturated carbocycles. The van der Waals surface area contributed by atoms with Gasteiger partial charge in [-0.05, 0) is 24.6 Å². The summed E-state index contributed by atoms with van der Waals surface area (Å²) in [5.74, 6) is 0.302. The van der Waals surface area contributed by atoms with Gasteiger partial charge in [0.15, 0.2) is 0 Å². The fraction of sp³-hybridized carbons (Fsp3) is 0.167. The monoisotopic (exact) mass is 295 g/mol. The number of methoxy groups -OCH3 is 1.